The second kappa shape index (κ2) is 20.3. The van der Waals surface area contributed by atoms with Crippen LogP contribution >= 0.6 is 23.5 Å². The van der Waals surface area contributed by atoms with E-state index in [1.165, 1.54) is 35.1 Å². The molecule has 0 spiro atoms. The number of ether oxygens (including phenoxy) is 2. The van der Waals surface area contributed by atoms with Crippen molar-refractivity contribution in [1.82, 2.24) is 15.6 Å². The lowest BCUT2D eigenvalue weighted by molar-refractivity contribution is -0.141. The van der Waals surface area contributed by atoms with Crippen LogP contribution in [0.15, 0.2) is 120 Å². The zero-order valence-corrected chi connectivity index (χ0v) is 37.9. The van der Waals surface area contributed by atoms with Gasteiger partial charge in [-0.2, -0.15) is 0 Å². The molecule has 10 nitrogen and oxygen atoms in total. The van der Waals surface area contributed by atoms with Crippen molar-refractivity contribution >= 4 is 65.1 Å². The van der Waals surface area contributed by atoms with Crippen LogP contribution in [-0.2, 0) is 35.1 Å². The summed E-state index contributed by atoms with van der Waals surface area (Å²) in [6, 6.07) is 16.8. The van der Waals surface area contributed by atoms with E-state index >= 15 is 0 Å². The van der Waals surface area contributed by atoms with Crippen molar-refractivity contribution in [2.24, 2.45) is 4.99 Å². The van der Waals surface area contributed by atoms with Crippen molar-refractivity contribution < 1.29 is 28.7 Å². The molecular formula is C49H54N4O6S2. The number of rotatable bonds is 17. The zero-order valence-electron chi connectivity index (χ0n) is 36.2. The molecule has 3 aliphatic heterocycles. The van der Waals surface area contributed by atoms with Gasteiger partial charge in [0.1, 0.15) is 0 Å². The van der Waals surface area contributed by atoms with Crippen LogP contribution in [0.2, 0.25) is 0 Å². The summed E-state index contributed by atoms with van der Waals surface area (Å²) >= 11 is 3.47. The topological polar surface area (TPSA) is 139 Å². The SMILES string of the molecule is COC(=O)CCC1=C(C)C(/C=C2\NC(=O)C(C)=C2CCSc2ccc(C)cc2)=NC/1=C\c1[nH]c(/C=C2\NC(=O)C(CCSc3ccc(C)cc3)=C2C)c(C)c1CCC(=O)OC. The number of thioether (sulfide) groups is 2. The predicted molar refractivity (Wildman–Crippen MR) is 246 cm³/mol. The van der Waals surface area contributed by atoms with Gasteiger partial charge in [0.05, 0.1) is 25.6 Å². The third-order valence-corrected chi connectivity index (χ3v) is 13.4. The van der Waals surface area contributed by atoms with Crippen molar-refractivity contribution in [3.05, 3.63) is 139 Å². The lowest BCUT2D eigenvalue weighted by atomic mass is 9.98. The number of amides is 2. The maximum Gasteiger partial charge on any atom is 0.305 e. The first-order valence-electron chi connectivity index (χ1n) is 20.5. The molecule has 2 aromatic carbocycles. The first kappa shape index (κ1) is 44.9. The summed E-state index contributed by atoms with van der Waals surface area (Å²) in [7, 11) is 2.75. The Labute approximate surface area is 367 Å². The number of nitrogens with one attached hydrogen (secondary N) is 3. The normalized spacial score (nSPS) is 17.3. The van der Waals surface area contributed by atoms with Gasteiger partial charge >= 0.3 is 11.9 Å². The number of allylic oxidation sites excluding steroid dienone is 5. The number of esters is 2. The van der Waals surface area contributed by atoms with Gasteiger partial charge in [-0.15, -0.1) is 23.5 Å². The molecule has 0 atom stereocenters. The molecule has 4 heterocycles. The van der Waals surface area contributed by atoms with Crippen molar-refractivity contribution in [2.45, 2.75) is 89.9 Å². The number of carbonyl (C=O) groups is 4. The molecule has 3 aromatic rings. The monoisotopic (exact) mass is 858 g/mol. The zero-order chi connectivity index (χ0) is 43.8. The molecule has 2 amide bonds. The van der Waals surface area contributed by atoms with Crippen molar-refractivity contribution in [3.63, 3.8) is 0 Å². The summed E-state index contributed by atoms with van der Waals surface area (Å²) in [4.78, 5) is 62.1. The number of nitrogens with zero attached hydrogens (tertiary/aromatic N) is 1. The average Bonchev–Trinajstić information content (AvgIpc) is 3.89. The van der Waals surface area contributed by atoms with E-state index in [1.807, 2.05) is 45.9 Å². The lowest BCUT2D eigenvalue weighted by Crippen LogP contribution is -2.16. The van der Waals surface area contributed by atoms with Crippen molar-refractivity contribution in [3.8, 4) is 0 Å². The van der Waals surface area contributed by atoms with Crippen molar-refractivity contribution in [1.29, 1.82) is 0 Å². The smallest absolute Gasteiger partial charge is 0.305 e. The van der Waals surface area contributed by atoms with Crippen LogP contribution in [0.5, 0.6) is 0 Å². The molecule has 318 valence electrons. The number of aliphatic imine (C=N–C) groups is 1. The van der Waals surface area contributed by atoms with E-state index in [4.69, 9.17) is 14.5 Å². The molecule has 0 unspecified atom stereocenters. The van der Waals surface area contributed by atoms with Crippen molar-refractivity contribution in [2.75, 3.05) is 25.7 Å². The minimum Gasteiger partial charge on any atom is -0.469 e. The van der Waals surface area contributed by atoms with E-state index in [1.54, 1.807) is 23.5 Å². The van der Waals surface area contributed by atoms with Gasteiger partial charge in [-0.25, -0.2) is 4.99 Å². The lowest BCUT2D eigenvalue weighted by Gasteiger charge is -2.08. The Hall–Kier alpha value is -5.59. The Balaban J connectivity index is 1.32. The molecule has 12 heteroatoms. The largest absolute Gasteiger partial charge is 0.469 e. The minimum absolute atomic E-state index is 0.0970. The summed E-state index contributed by atoms with van der Waals surface area (Å²) in [5, 5.41) is 6.14. The number of H-pyrrole nitrogens is 1. The fourth-order valence-electron chi connectivity index (χ4n) is 7.50. The number of hydrogen-bond donors (Lipinski definition) is 3. The van der Waals surface area contributed by atoms with Crippen LogP contribution in [-0.4, -0.2) is 60.2 Å². The standard InChI is InChI=1S/C49H54N4O6S2/c1-28-9-13-34(14-10-28)60-23-21-38-33(6)48(56)53-45(38)26-41-31(4)37(18-20-47(55)59-8)44(51-41)27-43-36(17-19-46(54)58-7)30(3)40(50-43)25-42-32(5)39(49(57)52-42)22-24-61-35-15-11-29(2)12-16-35/h9-16,25-27,50H,17-24H2,1-8H3,(H,52,57)(H,53,56)/b42-25-,44-27-,45-26-. The summed E-state index contributed by atoms with van der Waals surface area (Å²) in [6.07, 6.45) is 8.27. The molecule has 6 rings (SSSR count). The van der Waals surface area contributed by atoms with Gasteiger partial charge in [0.25, 0.3) is 11.8 Å². The summed E-state index contributed by atoms with van der Waals surface area (Å²) in [6.45, 7) is 11.9. The van der Waals surface area contributed by atoms with Crippen LogP contribution in [0.25, 0.3) is 12.2 Å². The van der Waals surface area contributed by atoms with E-state index in [9.17, 15) is 19.2 Å². The molecule has 3 aliphatic rings. The average molecular weight is 859 g/mol. The number of aromatic nitrogens is 1. The minimum atomic E-state index is -0.333. The maximum absolute atomic E-state index is 13.2. The Morgan fingerprint density at radius 2 is 1.16 bits per heavy atom. The molecule has 0 bridgehead atoms. The summed E-state index contributed by atoms with van der Waals surface area (Å²) < 4.78 is 10.0. The van der Waals surface area contributed by atoms with Crippen LogP contribution in [0, 0.1) is 20.8 Å². The second-order valence-electron chi connectivity index (χ2n) is 15.4. The van der Waals surface area contributed by atoms with Crippen LogP contribution in [0.4, 0.5) is 0 Å². The van der Waals surface area contributed by atoms with Gasteiger partial charge in [-0.1, -0.05) is 35.4 Å². The van der Waals surface area contributed by atoms with Crippen LogP contribution in [0.1, 0.15) is 86.5 Å². The highest BCUT2D eigenvalue weighted by Crippen LogP contribution is 2.36. The fraction of sp³-hybridized carbons (Fsp3) is 0.327. The Bertz CT molecular complexity index is 2460. The fourth-order valence-corrected chi connectivity index (χ4v) is 9.25. The van der Waals surface area contributed by atoms with Gasteiger partial charge in [-0.05, 0) is 143 Å². The highest BCUT2D eigenvalue weighted by molar-refractivity contribution is 7.99. The van der Waals surface area contributed by atoms with Gasteiger partial charge in [0.2, 0.25) is 0 Å². The second-order valence-corrected chi connectivity index (χ2v) is 17.7. The Morgan fingerprint density at radius 3 is 1.75 bits per heavy atom. The van der Waals surface area contributed by atoms with E-state index < -0.39 is 0 Å². The van der Waals surface area contributed by atoms with Gasteiger partial charge in [-0.3, -0.25) is 19.2 Å². The molecule has 0 fully saturated rings. The number of carbonyl (C=O) groups excluding carboxylic acids is 4. The Kier molecular flexibility index (Phi) is 15.0. The molecule has 0 saturated heterocycles. The number of methoxy groups -OCH3 is 2. The highest BCUT2D eigenvalue weighted by Gasteiger charge is 2.28. The number of aromatic amines is 1. The van der Waals surface area contributed by atoms with E-state index in [0.29, 0.717) is 42.7 Å². The number of hydrogen-bond acceptors (Lipinski definition) is 9. The Morgan fingerprint density at radius 1 is 0.607 bits per heavy atom. The van der Waals surface area contributed by atoms with E-state index in [-0.39, 0.29) is 36.6 Å². The number of aryl methyl sites for hydroxylation is 2. The first-order valence-corrected chi connectivity index (χ1v) is 22.4. The van der Waals surface area contributed by atoms with Gasteiger partial charge < -0.3 is 25.1 Å². The van der Waals surface area contributed by atoms with Gasteiger partial charge in [0, 0.05) is 68.1 Å². The quantitative estimate of drug-likeness (QED) is 0.0902. The van der Waals surface area contributed by atoms with Crippen LogP contribution in [0.3, 0.4) is 0 Å². The molecule has 0 radical (unpaired) electrons. The molecule has 61 heavy (non-hydrogen) atoms. The molecular weight excluding hydrogens is 805 g/mol. The third kappa shape index (κ3) is 11.0. The molecule has 0 aliphatic carbocycles. The van der Waals surface area contributed by atoms with Gasteiger partial charge in [0.15, 0.2) is 0 Å². The van der Waals surface area contributed by atoms with E-state index in [2.05, 4.69) is 78.0 Å². The molecule has 3 N–H and O–H groups in total. The predicted octanol–water partition coefficient (Wildman–Crippen LogP) is 9.59. The number of benzene rings is 2. The first-order chi connectivity index (χ1) is 29.3. The third-order valence-electron chi connectivity index (χ3n) is 11.3. The van der Waals surface area contributed by atoms with E-state index in [0.717, 1.165) is 73.3 Å². The molecule has 0 saturated carbocycles. The van der Waals surface area contributed by atoms with Crippen LogP contribution < -0.4 is 10.6 Å². The molecule has 1 aromatic heterocycles. The maximum atomic E-state index is 13.2. The summed E-state index contributed by atoms with van der Waals surface area (Å²) in [5.41, 5.74) is 13.7. The summed E-state index contributed by atoms with van der Waals surface area (Å²) in [5.74, 6) is 0.686. The highest BCUT2D eigenvalue weighted by atomic mass is 32.2.